The highest BCUT2D eigenvalue weighted by Crippen LogP contribution is 2.33. The summed E-state index contributed by atoms with van der Waals surface area (Å²) in [6, 6.07) is 15.3. The van der Waals surface area contributed by atoms with Gasteiger partial charge in [0.25, 0.3) is 0 Å². The number of para-hydroxylation sites is 1. The number of benzene rings is 2. The van der Waals surface area contributed by atoms with Crippen molar-refractivity contribution >= 4 is 11.6 Å². The van der Waals surface area contributed by atoms with Crippen LogP contribution in [0, 0.1) is 0 Å². The van der Waals surface area contributed by atoms with Gasteiger partial charge in [0.05, 0.1) is 18.4 Å². The van der Waals surface area contributed by atoms with Crippen molar-refractivity contribution in [1.29, 1.82) is 0 Å². The molecule has 0 fully saturated rings. The second-order valence-electron chi connectivity index (χ2n) is 7.58. The molecular formula is C25H25ClFN3O. The minimum atomic E-state index is -1.37. The van der Waals surface area contributed by atoms with Crippen LogP contribution in [0.2, 0.25) is 5.02 Å². The van der Waals surface area contributed by atoms with Crippen molar-refractivity contribution in [3.8, 4) is 22.8 Å². The predicted molar refractivity (Wildman–Crippen MR) is 124 cm³/mol. The number of nitrogens with zero attached hydrogens (tertiary/aromatic N) is 2. The molecule has 0 saturated heterocycles. The van der Waals surface area contributed by atoms with Gasteiger partial charge in [-0.15, -0.1) is 0 Å². The summed E-state index contributed by atoms with van der Waals surface area (Å²) in [5.41, 5.74) is 2.21. The van der Waals surface area contributed by atoms with Crippen molar-refractivity contribution < 1.29 is 9.13 Å². The molecule has 4 nitrogen and oxygen atoms in total. The lowest BCUT2D eigenvalue weighted by atomic mass is 9.91. The summed E-state index contributed by atoms with van der Waals surface area (Å²) >= 11 is 6.08. The fraction of sp³-hybridized carbons (Fsp3) is 0.240. The van der Waals surface area contributed by atoms with Gasteiger partial charge in [-0.1, -0.05) is 29.8 Å². The van der Waals surface area contributed by atoms with Crippen LogP contribution in [-0.2, 0) is 6.42 Å². The molecule has 1 heterocycles. The van der Waals surface area contributed by atoms with Crippen LogP contribution in [0.25, 0.3) is 17.1 Å². The summed E-state index contributed by atoms with van der Waals surface area (Å²) in [5.74, 6) is 1.48. The molecule has 0 aliphatic heterocycles. The molecule has 31 heavy (non-hydrogen) atoms. The first-order chi connectivity index (χ1) is 15.0. The van der Waals surface area contributed by atoms with Gasteiger partial charge in [0.2, 0.25) is 0 Å². The van der Waals surface area contributed by atoms with E-state index in [0.717, 1.165) is 34.2 Å². The van der Waals surface area contributed by atoms with Crippen molar-refractivity contribution in [3.05, 3.63) is 89.4 Å². The molecule has 1 aliphatic carbocycles. The Bertz CT molecular complexity index is 1120. The van der Waals surface area contributed by atoms with E-state index in [1.807, 2.05) is 72.4 Å². The van der Waals surface area contributed by atoms with Gasteiger partial charge in [0.15, 0.2) is 0 Å². The van der Waals surface area contributed by atoms with E-state index in [-0.39, 0.29) is 0 Å². The fourth-order valence-corrected chi connectivity index (χ4v) is 3.85. The summed E-state index contributed by atoms with van der Waals surface area (Å²) < 4.78 is 22.8. The molecule has 1 aliphatic rings. The van der Waals surface area contributed by atoms with Gasteiger partial charge in [-0.25, -0.2) is 9.37 Å². The van der Waals surface area contributed by atoms with E-state index in [1.54, 1.807) is 19.3 Å². The number of methoxy groups -OCH3 is 1. The van der Waals surface area contributed by atoms with Gasteiger partial charge in [-0.2, -0.15) is 0 Å². The highest BCUT2D eigenvalue weighted by Gasteiger charge is 2.28. The largest absolute Gasteiger partial charge is 0.496 e. The molecule has 0 spiro atoms. The van der Waals surface area contributed by atoms with Gasteiger partial charge < -0.3 is 10.1 Å². The number of alkyl halides is 1. The second kappa shape index (κ2) is 8.98. The maximum atomic E-state index is 15.3. The van der Waals surface area contributed by atoms with E-state index in [1.165, 1.54) is 0 Å². The standard InChI is InChI=1S/C25H25ClFN3O/c1-28-19-11-14-25(27,15-12-19)16-13-20-17-30(21-9-7-18(26)8-10-21)24(29-20)22-5-3-4-6-23(22)31-2/h3-12,14,17,28H,13,15-16H2,1-2H3. The van der Waals surface area contributed by atoms with E-state index in [9.17, 15) is 0 Å². The van der Waals surface area contributed by atoms with Crippen LogP contribution in [0.5, 0.6) is 5.75 Å². The lowest BCUT2D eigenvalue weighted by Gasteiger charge is -2.23. The lowest BCUT2D eigenvalue weighted by Crippen LogP contribution is -2.24. The molecule has 1 unspecified atom stereocenters. The highest BCUT2D eigenvalue weighted by atomic mass is 35.5. The molecule has 0 radical (unpaired) electrons. The number of allylic oxidation sites excluding steroid dienone is 3. The van der Waals surface area contributed by atoms with Crippen LogP contribution in [0.4, 0.5) is 4.39 Å². The van der Waals surface area contributed by atoms with Gasteiger partial charge in [-0.05, 0) is 61.4 Å². The summed E-state index contributed by atoms with van der Waals surface area (Å²) in [6.45, 7) is 0. The number of rotatable bonds is 7. The zero-order chi connectivity index (χ0) is 21.8. The average molecular weight is 438 g/mol. The molecule has 0 saturated carbocycles. The number of nitrogens with one attached hydrogen (secondary N) is 1. The number of halogens is 2. The number of aromatic nitrogens is 2. The summed E-state index contributed by atoms with van der Waals surface area (Å²) in [6.07, 6.45) is 8.55. The Morgan fingerprint density at radius 3 is 2.65 bits per heavy atom. The Balaban J connectivity index is 1.66. The third kappa shape index (κ3) is 4.67. The Kier molecular flexibility index (Phi) is 6.14. The van der Waals surface area contributed by atoms with E-state index < -0.39 is 5.67 Å². The van der Waals surface area contributed by atoms with Crippen molar-refractivity contribution in [3.63, 3.8) is 0 Å². The Labute approximate surface area is 187 Å². The summed E-state index contributed by atoms with van der Waals surface area (Å²) in [5, 5.41) is 3.72. The van der Waals surface area contributed by atoms with E-state index in [0.29, 0.717) is 24.3 Å². The minimum Gasteiger partial charge on any atom is -0.496 e. The predicted octanol–water partition coefficient (Wildman–Crippen LogP) is 5.91. The smallest absolute Gasteiger partial charge is 0.148 e. The third-order valence-corrected chi connectivity index (χ3v) is 5.77. The number of ether oxygens (including phenoxy) is 1. The first kappa shape index (κ1) is 21.2. The second-order valence-corrected chi connectivity index (χ2v) is 8.02. The molecule has 1 N–H and O–H groups in total. The zero-order valence-electron chi connectivity index (χ0n) is 17.6. The Morgan fingerprint density at radius 2 is 1.97 bits per heavy atom. The normalized spacial score (nSPS) is 18.0. The first-order valence-corrected chi connectivity index (χ1v) is 10.6. The van der Waals surface area contributed by atoms with Crippen LogP contribution in [-0.4, -0.2) is 29.4 Å². The number of imidazole rings is 1. The maximum Gasteiger partial charge on any atom is 0.148 e. The topological polar surface area (TPSA) is 39.1 Å². The van der Waals surface area contributed by atoms with E-state index in [4.69, 9.17) is 21.3 Å². The maximum absolute atomic E-state index is 15.3. The Hall–Kier alpha value is -3.05. The van der Waals surface area contributed by atoms with Gasteiger partial charge in [-0.3, -0.25) is 4.57 Å². The van der Waals surface area contributed by atoms with Crippen molar-refractivity contribution in [1.82, 2.24) is 14.9 Å². The molecule has 1 atom stereocenters. The monoisotopic (exact) mass is 437 g/mol. The molecule has 0 bridgehead atoms. The molecular weight excluding hydrogens is 413 g/mol. The van der Waals surface area contributed by atoms with Crippen LogP contribution < -0.4 is 10.1 Å². The molecule has 4 rings (SSSR count). The Morgan fingerprint density at radius 1 is 1.19 bits per heavy atom. The van der Waals surface area contributed by atoms with E-state index in [2.05, 4.69) is 5.32 Å². The number of hydrogen-bond acceptors (Lipinski definition) is 3. The quantitative estimate of drug-likeness (QED) is 0.499. The van der Waals surface area contributed by atoms with Crippen molar-refractivity contribution in [2.24, 2.45) is 0 Å². The molecule has 3 aromatic rings. The highest BCUT2D eigenvalue weighted by molar-refractivity contribution is 6.30. The lowest BCUT2D eigenvalue weighted by molar-refractivity contribution is 0.214. The van der Waals surface area contributed by atoms with E-state index >= 15 is 4.39 Å². The zero-order valence-corrected chi connectivity index (χ0v) is 18.4. The third-order valence-electron chi connectivity index (χ3n) is 5.52. The molecule has 0 amide bonds. The van der Waals surface area contributed by atoms with Crippen molar-refractivity contribution in [2.45, 2.75) is 24.9 Å². The number of hydrogen-bond donors (Lipinski definition) is 1. The molecule has 6 heteroatoms. The number of aryl methyl sites for hydroxylation is 1. The molecule has 1 aromatic heterocycles. The van der Waals surface area contributed by atoms with Gasteiger partial charge in [0, 0.05) is 36.1 Å². The summed E-state index contributed by atoms with van der Waals surface area (Å²) in [4.78, 5) is 4.87. The van der Waals surface area contributed by atoms with Crippen molar-refractivity contribution in [2.75, 3.05) is 14.2 Å². The van der Waals surface area contributed by atoms with Gasteiger partial charge in [0.1, 0.15) is 17.2 Å². The fourth-order valence-electron chi connectivity index (χ4n) is 3.73. The summed E-state index contributed by atoms with van der Waals surface area (Å²) in [7, 11) is 3.48. The first-order valence-electron chi connectivity index (χ1n) is 10.2. The van der Waals surface area contributed by atoms with Gasteiger partial charge >= 0.3 is 0 Å². The van der Waals surface area contributed by atoms with Crippen LogP contribution >= 0.6 is 11.6 Å². The van der Waals surface area contributed by atoms with Crippen LogP contribution in [0.3, 0.4) is 0 Å². The molecule has 2 aromatic carbocycles. The van der Waals surface area contributed by atoms with Crippen LogP contribution in [0.15, 0.2) is 78.7 Å². The van der Waals surface area contributed by atoms with Crippen LogP contribution in [0.1, 0.15) is 18.5 Å². The molecule has 160 valence electrons. The number of likely N-dealkylation sites (N-methyl/N-ethyl adjacent to an activating group) is 1. The SMILES string of the molecule is CNC1=CCC(F)(CCc2cn(-c3ccc(Cl)cc3)c(-c3ccccc3OC)n2)C=C1. The minimum absolute atomic E-state index is 0.358. The average Bonchev–Trinajstić information content (AvgIpc) is 3.23.